The number of carbonyl (C=O) groups excluding carboxylic acids is 1. The number of halogens is 2. The molecular weight excluding hydrogens is 757 g/mol. The Morgan fingerprint density at radius 1 is 0.667 bits per heavy atom. The maximum atomic E-state index is 13.3. The summed E-state index contributed by atoms with van der Waals surface area (Å²) in [5, 5.41) is 9.89. The monoisotopic (exact) mass is 809 g/mol. The van der Waals surface area contributed by atoms with Gasteiger partial charge in [0.2, 0.25) is 0 Å². The van der Waals surface area contributed by atoms with Crippen molar-refractivity contribution in [3.63, 3.8) is 0 Å². The van der Waals surface area contributed by atoms with Gasteiger partial charge in [-0.2, -0.15) is 5.26 Å². The Hall–Kier alpha value is -5.96. The number of imidazole rings is 2. The molecule has 2 aliphatic heterocycles. The molecule has 11 heteroatoms. The maximum Gasteiger partial charge on any atom is 0.316 e. The predicted octanol–water partition coefficient (Wildman–Crippen LogP) is 9.03. The molecule has 8 rings (SSSR count). The Labute approximate surface area is 351 Å². The van der Waals surface area contributed by atoms with Gasteiger partial charge in [0.1, 0.15) is 11.6 Å². The summed E-state index contributed by atoms with van der Waals surface area (Å²) in [6.45, 7) is 9.06. The van der Waals surface area contributed by atoms with Crippen LogP contribution in [0.5, 0.6) is 0 Å². The smallest absolute Gasteiger partial charge is 0.316 e. The van der Waals surface area contributed by atoms with Crippen molar-refractivity contribution in [3.05, 3.63) is 180 Å². The number of nitrogens with zero attached hydrogens (tertiary/aromatic N) is 7. The first-order valence-corrected chi connectivity index (χ1v) is 20.7. The number of likely N-dealkylation sites (tertiary alicyclic amines) is 2. The molecule has 310 valence electrons. The van der Waals surface area contributed by atoms with Gasteiger partial charge in [0.25, 0.3) is 0 Å². The van der Waals surface area contributed by atoms with Gasteiger partial charge >= 0.3 is 5.97 Å². The molecular formula is C49H53F2N7O2. The lowest BCUT2D eigenvalue weighted by molar-refractivity contribution is -0.149. The van der Waals surface area contributed by atoms with E-state index in [1.165, 1.54) is 31.4 Å². The molecule has 0 bridgehead atoms. The van der Waals surface area contributed by atoms with E-state index in [0.29, 0.717) is 12.8 Å². The quantitative estimate of drug-likeness (QED) is 0.121. The fourth-order valence-electron chi connectivity index (χ4n) is 8.84. The van der Waals surface area contributed by atoms with E-state index >= 15 is 0 Å². The van der Waals surface area contributed by atoms with Crippen LogP contribution in [-0.2, 0) is 33.5 Å². The number of hydrogen-bond acceptors (Lipinski definition) is 7. The van der Waals surface area contributed by atoms with Crippen LogP contribution >= 0.6 is 0 Å². The summed E-state index contributed by atoms with van der Waals surface area (Å²) in [7, 11) is 1.47. The highest BCUT2D eigenvalue weighted by molar-refractivity contribution is 5.83. The van der Waals surface area contributed by atoms with Crippen LogP contribution in [0.15, 0.2) is 134 Å². The zero-order chi connectivity index (χ0) is 42.1. The number of nitriles is 1. The number of rotatable bonds is 11. The van der Waals surface area contributed by atoms with E-state index < -0.39 is 5.41 Å². The molecule has 0 spiro atoms. The highest BCUT2D eigenvalue weighted by Gasteiger charge is 2.44. The molecule has 0 aliphatic carbocycles. The SMILES string of the molecule is COC(=O)C1(c2ccccc2)CCN(Cc2cncn2[C@H](C)c2ccc(F)cc2)CC1.C[C@H](c1ccc(F)cc1)n1cncc1CN1CCC(C#N)(c2ccccc2)CC1. The highest BCUT2D eigenvalue weighted by Crippen LogP contribution is 2.38. The number of hydrogen-bond donors (Lipinski definition) is 0. The molecule has 2 fully saturated rings. The van der Waals surface area contributed by atoms with Gasteiger partial charge in [-0.15, -0.1) is 0 Å². The molecule has 60 heavy (non-hydrogen) atoms. The van der Waals surface area contributed by atoms with Crippen molar-refractivity contribution in [2.24, 2.45) is 0 Å². The van der Waals surface area contributed by atoms with Gasteiger partial charge in [0, 0.05) is 38.6 Å². The number of benzene rings is 4. The minimum Gasteiger partial charge on any atom is -0.468 e. The third-order valence-electron chi connectivity index (χ3n) is 12.7. The number of methoxy groups -OCH3 is 1. The van der Waals surface area contributed by atoms with Crippen molar-refractivity contribution in [1.82, 2.24) is 28.9 Å². The molecule has 0 amide bonds. The second-order valence-corrected chi connectivity index (χ2v) is 16.1. The molecule has 0 saturated carbocycles. The first-order valence-electron chi connectivity index (χ1n) is 20.7. The number of piperidine rings is 2. The van der Waals surface area contributed by atoms with Crippen molar-refractivity contribution in [1.29, 1.82) is 5.26 Å². The summed E-state index contributed by atoms with van der Waals surface area (Å²) in [5.74, 6) is -0.615. The van der Waals surface area contributed by atoms with Crippen LogP contribution in [0.25, 0.3) is 0 Å². The number of ether oxygens (including phenoxy) is 1. The molecule has 6 aromatic rings. The van der Waals surface area contributed by atoms with Crippen molar-refractivity contribution in [2.45, 2.75) is 75.5 Å². The number of esters is 1. The average Bonchev–Trinajstić information content (AvgIpc) is 3.97. The summed E-state index contributed by atoms with van der Waals surface area (Å²) in [4.78, 5) is 26.2. The molecule has 4 heterocycles. The van der Waals surface area contributed by atoms with Crippen LogP contribution in [0, 0.1) is 23.0 Å². The fraction of sp³-hybridized carbons (Fsp3) is 0.347. The molecule has 2 aliphatic rings. The summed E-state index contributed by atoms with van der Waals surface area (Å²) in [5.41, 5.74) is 5.49. The maximum absolute atomic E-state index is 13.3. The molecule has 0 radical (unpaired) electrons. The van der Waals surface area contributed by atoms with E-state index in [1.807, 2.05) is 97.8 Å². The Morgan fingerprint density at radius 3 is 1.50 bits per heavy atom. The zero-order valence-corrected chi connectivity index (χ0v) is 34.6. The van der Waals surface area contributed by atoms with E-state index in [4.69, 9.17) is 4.74 Å². The first-order chi connectivity index (χ1) is 29.1. The third-order valence-corrected chi connectivity index (χ3v) is 12.7. The zero-order valence-electron chi connectivity index (χ0n) is 34.6. The lowest BCUT2D eigenvalue weighted by Gasteiger charge is -2.40. The molecule has 2 atom stereocenters. The first kappa shape index (κ1) is 42.2. The molecule has 0 N–H and O–H groups in total. The van der Waals surface area contributed by atoms with Gasteiger partial charge in [-0.05, 0) is 99.1 Å². The van der Waals surface area contributed by atoms with Crippen molar-refractivity contribution in [2.75, 3.05) is 33.3 Å². The Kier molecular flexibility index (Phi) is 13.3. The molecule has 9 nitrogen and oxygen atoms in total. The van der Waals surface area contributed by atoms with Crippen LogP contribution in [0.2, 0.25) is 0 Å². The van der Waals surface area contributed by atoms with Crippen LogP contribution in [0.3, 0.4) is 0 Å². The van der Waals surface area contributed by atoms with Gasteiger partial charge in [-0.1, -0.05) is 84.9 Å². The topological polar surface area (TPSA) is 92.2 Å². The minimum atomic E-state index is -0.589. The standard InChI is InChI=1S/C25H28FN3O2.C24H25FN4/c1-19(20-8-10-22(26)11-9-20)29-18-27-16-23(29)17-28-14-12-25(13-15-28,24(30)31-2)21-6-4-3-5-7-21;1-19(20-7-9-22(25)10-8-20)29-18-27-15-23(29)16-28-13-11-24(17-26,12-14-28)21-5-3-2-4-6-21/h3-11,16,18-19H,12-15,17H2,1-2H3;2-10,15,18-19H,11-14,16H2,1H3/t2*19-/m11/s1. The van der Waals surface area contributed by atoms with E-state index in [9.17, 15) is 18.8 Å². The molecule has 0 unspecified atom stereocenters. The minimum absolute atomic E-state index is 0.0568. The normalized spacial score (nSPS) is 17.4. The second kappa shape index (κ2) is 19.0. The predicted molar refractivity (Wildman–Crippen MR) is 228 cm³/mol. The molecule has 2 saturated heterocycles. The van der Waals surface area contributed by atoms with Crippen molar-refractivity contribution >= 4 is 5.97 Å². The summed E-state index contributed by atoms with van der Waals surface area (Å²) >= 11 is 0. The van der Waals surface area contributed by atoms with E-state index in [1.54, 1.807) is 0 Å². The Morgan fingerprint density at radius 2 is 1.08 bits per heavy atom. The van der Waals surface area contributed by atoms with Gasteiger partial charge < -0.3 is 13.9 Å². The van der Waals surface area contributed by atoms with Gasteiger partial charge in [0.05, 0.1) is 60.1 Å². The van der Waals surface area contributed by atoms with Crippen molar-refractivity contribution < 1.29 is 18.3 Å². The number of aromatic nitrogens is 4. The Balaban J connectivity index is 0.000000182. The lowest BCUT2D eigenvalue weighted by Crippen LogP contribution is -2.47. The number of carbonyl (C=O) groups is 1. The van der Waals surface area contributed by atoms with Crippen LogP contribution < -0.4 is 0 Å². The highest BCUT2D eigenvalue weighted by atomic mass is 19.1. The third kappa shape index (κ3) is 9.25. The van der Waals surface area contributed by atoms with Gasteiger partial charge in [-0.25, -0.2) is 18.7 Å². The average molecular weight is 810 g/mol. The van der Waals surface area contributed by atoms with E-state index in [-0.39, 0.29) is 35.1 Å². The molecule has 2 aromatic heterocycles. The summed E-state index contributed by atoms with van der Waals surface area (Å²) in [6.07, 6.45) is 10.6. The summed E-state index contributed by atoms with van der Waals surface area (Å²) < 4.78 is 36.0. The Bertz CT molecular complexity index is 2320. The van der Waals surface area contributed by atoms with Gasteiger partial charge in [0.15, 0.2) is 0 Å². The van der Waals surface area contributed by atoms with E-state index in [0.717, 1.165) is 85.8 Å². The van der Waals surface area contributed by atoms with Crippen LogP contribution in [0.1, 0.15) is 85.3 Å². The fourth-order valence-corrected chi connectivity index (χ4v) is 8.84. The lowest BCUT2D eigenvalue weighted by atomic mass is 9.72. The second-order valence-electron chi connectivity index (χ2n) is 16.1. The van der Waals surface area contributed by atoms with Crippen LogP contribution in [0.4, 0.5) is 8.78 Å². The largest absolute Gasteiger partial charge is 0.468 e. The van der Waals surface area contributed by atoms with Crippen molar-refractivity contribution in [3.8, 4) is 6.07 Å². The van der Waals surface area contributed by atoms with E-state index in [2.05, 4.69) is 61.0 Å². The van der Waals surface area contributed by atoms with Crippen LogP contribution in [-0.4, -0.2) is 68.2 Å². The van der Waals surface area contributed by atoms with Gasteiger partial charge in [-0.3, -0.25) is 14.6 Å². The molecule has 4 aromatic carbocycles. The summed E-state index contributed by atoms with van der Waals surface area (Å²) in [6, 6.07) is 36.1.